The fourth-order valence-electron chi connectivity index (χ4n) is 2.24. The molecule has 5 heteroatoms. The second kappa shape index (κ2) is 6.16. The molecule has 0 fully saturated rings. The number of benzene rings is 2. The normalized spacial score (nSPS) is 18.1. The van der Waals surface area contributed by atoms with E-state index < -0.39 is 0 Å². The zero-order valence-corrected chi connectivity index (χ0v) is 13.7. The number of fused-ring (bicyclic) bond motifs is 1. The lowest BCUT2D eigenvalue weighted by Gasteiger charge is -2.30. The maximum absolute atomic E-state index is 6.32. The van der Waals surface area contributed by atoms with E-state index in [1.54, 1.807) is 13.2 Å². The Bertz CT molecular complexity index is 647. The van der Waals surface area contributed by atoms with E-state index in [1.807, 2.05) is 36.4 Å². The number of halogens is 2. The van der Waals surface area contributed by atoms with Crippen LogP contribution in [0, 0.1) is 0 Å². The minimum atomic E-state index is -0.147. The first-order valence-corrected chi connectivity index (χ1v) is 7.84. The van der Waals surface area contributed by atoms with Gasteiger partial charge in [0.05, 0.1) is 11.9 Å². The Morgan fingerprint density at radius 1 is 1.24 bits per heavy atom. The molecule has 0 amide bonds. The van der Waals surface area contributed by atoms with E-state index in [9.17, 15) is 0 Å². The standard InChI is InChI=1S/C16H14BrClO3/c1-19-10-6-7-11(12(18)8-10)16(17)15-9-20-13-4-2-3-5-14(13)21-15/h2-8,15-16H,9H2,1H3. The molecule has 0 aromatic heterocycles. The lowest BCUT2D eigenvalue weighted by Crippen LogP contribution is -2.32. The molecule has 0 saturated carbocycles. The zero-order chi connectivity index (χ0) is 14.8. The summed E-state index contributed by atoms with van der Waals surface area (Å²) in [5.41, 5.74) is 0.949. The van der Waals surface area contributed by atoms with E-state index in [-0.39, 0.29) is 10.9 Å². The highest BCUT2D eigenvalue weighted by atomic mass is 79.9. The molecule has 0 N–H and O–H groups in total. The molecule has 0 spiro atoms. The number of methoxy groups -OCH3 is 1. The van der Waals surface area contributed by atoms with Crippen LogP contribution in [0.1, 0.15) is 10.4 Å². The van der Waals surface area contributed by atoms with E-state index in [4.69, 9.17) is 25.8 Å². The number of alkyl halides is 1. The molecule has 3 nitrogen and oxygen atoms in total. The third-order valence-corrected chi connectivity index (χ3v) is 4.77. The van der Waals surface area contributed by atoms with E-state index >= 15 is 0 Å². The fraction of sp³-hybridized carbons (Fsp3) is 0.250. The van der Waals surface area contributed by atoms with Gasteiger partial charge in [0.2, 0.25) is 0 Å². The first-order chi connectivity index (χ1) is 10.2. The Morgan fingerprint density at radius 2 is 2.00 bits per heavy atom. The third-order valence-electron chi connectivity index (χ3n) is 3.36. The van der Waals surface area contributed by atoms with Crippen molar-refractivity contribution >= 4 is 27.5 Å². The summed E-state index contributed by atoms with van der Waals surface area (Å²) in [7, 11) is 1.62. The summed E-state index contributed by atoms with van der Waals surface area (Å²) in [5, 5.41) is 0.638. The van der Waals surface area contributed by atoms with E-state index in [1.165, 1.54) is 0 Å². The Hall–Kier alpha value is -1.39. The summed E-state index contributed by atoms with van der Waals surface area (Å²) in [4.78, 5) is -0.0655. The first kappa shape index (κ1) is 14.5. The highest BCUT2D eigenvalue weighted by Gasteiger charge is 2.29. The third kappa shape index (κ3) is 2.97. The van der Waals surface area contributed by atoms with Crippen molar-refractivity contribution in [2.75, 3.05) is 13.7 Å². The van der Waals surface area contributed by atoms with Crippen LogP contribution in [-0.2, 0) is 0 Å². The van der Waals surface area contributed by atoms with E-state index in [2.05, 4.69) is 15.9 Å². The quantitative estimate of drug-likeness (QED) is 0.739. The van der Waals surface area contributed by atoms with Gasteiger partial charge in [0.15, 0.2) is 11.5 Å². The van der Waals surface area contributed by atoms with Gasteiger partial charge in [-0.25, -0.2) is 0 Å². The number of ether oxygens (including phenoxy) is 3. The van der Waals surface area contributed by atoms with E-state index in [0.717, 1.165) is 22.8 Å². The molecule has 110 valence electrons. The molecule has 0 radical (unpaired) electrons. The van der Waals surface area contributed by atoms with Crippen LogP contribution in [0.2, 0.25) is 5.02 Å². The van der Waals surface area contributed by atoms with Gasteiger partial charge in [-0.05, 0) is 29.8 Å². The van der Waals surface area contributed by atoms with Gasteiger partial charge in [0, 0.05) is 5.02 Å². The Labute approximate surface area is 136 Å². The molecule has 0 aliphatic carbocycles. The van der Waals surface area contributed by atoms with Crippen molar-refractivity contribution in [3.05, 3.63) is 53.1 Å². The van der Waals surface area contributed by atoms with Crippen LogP contribution in [0.15, 0.2) is 42.5 Å². The van der Waals surface area contributed by atoms with Gasteiger partial charge in [-0.1, -0.05) is 45.7 Å². The molecule has 1 aliphatic rings. The summed E-state index contributed by atoms with van der Waals surface area (Å²) in [5.74, 6) is 2.26. The van der Waals surface area contributed by atoms with Crippen molar-refractivity contribution in [2.45, 2.75) is 10.9 Å². The van der Waals surface area contributed by atoms with Crippen molar-refractivity contribution in [1.29, 1.82) is 0 Å². The van der Waals surface area contributed by atoms with Gasteiger partial charge in [0.1, 0.15) is 18.5 Å². The molecular weight excluding hydrogens is 356 g/mol. The minimum Gasteiger partial charge on any atom is -0.497 e. The van der Waals surface area contributed by atoms with Gasteiger partial charge in [-0.15, -0.1) is 0 Å². The summed E-state index contributed by atoms with van der Waals surface area (Å²) >= 11 is 9.98. The molecular formula is C16H14BrClO3. The summed E-state index contributed by atoms with van der Waals surface area (Å²) in [6.07, 6.45) is -0.147. The van der Waals surface area contributed by atoms with Gasteiger partial charge >= 0.3 is 0 Å². The highest BCUT2D eigenvalue weighted by Crippen LogP contribution is 2.40. The Balaban J connectivity index is 1.82. The van der Waals surface area contributed by atoms with Crippen molar-refractivity contribution in [3.8, 4) is 17.2 Å². The molecule has 1 heterocycles. The van der Waals surface area contributed by atoms with Gasteiger partial charge in [0.25, 0.3) is 0 Å². The molecule has 21 heavy (non-hydrogen) atoms. The molecule has 0 bridgehead atoms. The van der Waals surface area contributed by atoms with Crippen LogP contribution >= 0.6 is 27.5 Å². The number of rotatable bonds is 3. The van der Waals surface area contributed by atoms with Crippen LogP contribution < -0.4 is 14.2 Å². The monoisotopic (exact) mass is 368 g/mol. The predicted octanol–water partition coefficient (Wildman–Crippen LogP) is 4.62. The number of hydrogen-bond acceptors (Lipinski definition) is 3. The first-order valence-electron chi connectivity index (χ1n) is 6.55. The SMILES string of the molecule is COc1ccc(C(Br)C2COc3ccccc3O2)c(Cl)c1. The lowest BCUT2D eigenvalue weighted by molar-refractivity contribution is 0.0905. The number of hydrogen-bond donors (Lipinski definition) is 0. The minimum absolute atomic E-state index is 0.0655. The Kier molecular flexibility index (Phi) is 4.27. The molecule has 2 aromatic rings. The van der Waals surface area contributed by atoms with Gasteiger partial charge < -0.3 is 14.2 Å². The second-order valence-electron chi connectivity index (χ2n) is 4.70. The maximum atomic E-state index is 6.32. The molecule has 0 saturated heterocycles. The average Bonchev–Trinajstić information content (AvgIpc) is 2.53. The Morgan fingerprint density at radius 3 is 2.71 bits per heavy atom. The molecule has 2 atom stereocenters. The maximum Gasteiger partial charge on any atom is 0.161 e. The van der Waals surface area contributed by atoms with Gasteiger partial charge in [-0.2, -0.15) is 0 Å². The lowest BCUT2D eigenvalue weighted by atomic mass is 10.1. The molecule has 2 aromatic carbocycles. The molecule has 3 rings (SSSR count). The van der Waals surface area contributed by atoms with Crippen LogP contribution in [0.3, 0.4) is 0 Å². The van der Waals surface area contributed by atoms with Crippen LogP contribution in [-0.4, -0.2) is 19.8 Å². The molecule has 2 unspecified atom stereocenters. The summed E-state index contributed by atoms with van der Waals surface area (Å²) in [6, 6.07) is 13.3. The highest BCUT2D eigenvalue weighted by molar-refractivity contribution is 9.09. The smallest absolute Gasteiger partial charge is 0.161 e. The average molecular weight is 370 g/mol. The van der Waals surface area contributed by atoms with Crippen LogP contribution in [0.4, 0.5) is 0 Å². The number of para-hydroxylation sites is 2. The topological polar surface area (TPSA) is 27.7 Å². The fourth-order valence-corrected chi connectivity index (χ4v) is 3.32. The van der Waals surface area contributed by atoms with Crippen LogP contribution in [0.25, 0.3) is 0 Å². The summed E-state index contributed by atoms with van der Waals surface area (Å²) in [6.45, 7) is 0.468. The van der Waals surface area contributed by atoms with Crippen molar-refractivity contribution in [1.82, 2.24) is 0 Å². The summed E-state index contributed by atoms with van der Waals surface area (Å²) < 4.78 is 16.9. The van der Waals surface area contributed by atoms with E-state index in [0.29, 0.717) is 11.6 Å². The predicted molar refractivity (Wildman–Crippen MR) is 86.0 cm³/mol. The van der Waals surface area contributed by atoms with Gasteiger partial charge in [-0.3, -0.25) is 0 Å². The second-order valence-corrected chi connectivity index (χ2v) is 6.10. The van der Waals surface area contributed by atoms with Crippen molar-refractivity contribution in [2.24, 2.45) is 0 Å². The van der Waals surface area contributed by atoms with Crippen LogP contribution in [0.5, 0.6) is 17.2 Å². The van der Waals surface area contributed by atoms with Crippen molar-refractivity contribution in [3.63, 3.8) is 0 Å². The van der Waals surface area contributed by atoms with Crippen molar-refractivity contribution < 1.29 is 14.2 Å². The molecule has 1 aliphatic heterocycles. The largest absolute Gasteiger partial charge is 0.497 e. The zero-order valence-electron chi connectivity index (χ0n) is 11.4.